The highest BCUT2D eigenvalue weighted by molar-refractivity contribution is 5.16. The summed E-state index contributed by atoms with van der Waals surface area (Å²) in [5.41, 5.74) is 1.16. The minimum absolute atomic E-state index is 0.686. The molecule has 0 atom stereocenters. The summed E-state index contributed by atoms with van der Waals surface area (Å²) >= 11 is 0. The molecule has 0 radical (unpaired) electrons. The van der Waals surface area contributed by atoms with Crippen molar-refractivity contribution in [3.8, 4) is 5.88 Å². The largest absolute Gasteiger partial charge is 0.478 e. The van der Waals surface area contributed by atoms with Crippen LogP contribution in [0.4, 0.5) is 0 Å². The number of rotatable bonds is 4. The van der Waals surface area contributed by atoms with E-state index in [0.29, 0.717) is 5.92 Å². The summed E-state index contributed by atoms with van der Waals surface area (Å²) in [5, 5.41) is 0. The molecule has 0 unspecified atom stereocenters. The van der Waals surface area contributed by atoms with Gasteiger partial charge >= 0.3 is 0 Å². The monoisotopic (exact) mass is 179 g/mol. The van der Waals surface area contributed by atoms with E-state index in [4.69, 9.17) is 4.74 Å². The number of aryl methyl sites for hydroxylation is 1. The summed E-state index contributed by atoms with van der Waals surface area (Å²) in [6.45, 7) is 7.15. The van der Waals surface area contributed by atoms with Crippen LogP contribution >= 0.6 is 0 Å². The molecule has 1 aromatic rings. The maximum absolute atomic E-state index is 5.46. The van der Waals surface area contributed by atoms with Gasteiger partial charge in [0, 0.05) is 12.3 Å². The molecule has 0 saturated heterocycles. The Labute approximate surface area is 80.0 Å². The third kappa shape index (κ3) is 3.92. The first-order chi connectivity index (χ1) is 6.18. The lowest BCUT2D eigenvalue weighted by Crippen LogP contribution is -2.02. The smallest absolute Gasteiger partial charge is 0.213 e. The van der Waals surface area contributed by atoms with Crippen LogP contribution in [0.5, 0.6) is 5.88 Å². The molecule has 0 fully saturated rings. The molecule has 0 bridgehead atoms. The highest BCUT2D eigenvalue weighted by Gasteiger charge is 1.96. The number of ether oxygens (including phenoxy) is 1. The Bertz CT molecular complexity index is 241. The van der Waals surface area contributed by atoms with Crippen molar-refractivity contribution >= 4 is 0 Å². The fourth-order valence-corrected chi connectivity index (χ4v) is 0.939. The van der Waals surface area contributed by atoms with Crippen LogP contribution in [0, 0.1) is 12.8 Å². The van der Waals surface area contributed by atoms with Crippen molar-refractivity contribution in [3.63, 3.8) is 0 Å². The zero-order valence-electron chi connectivity index (χ0n) is 8.58. The van der Waals surface area contributed by atoms with Gasteiger partial charge in [0.25, 0.3) is 0 Å². The summed E-state index contributed by atoms with van der Waals surface area (Å²) in [7, 11) is 0. The maximum Gasteiger partial charge on any atom is 0.213 e. The Hall–Kier alpha value is -1.05. The summed E-state index contributed by atoms with van der Waals surface area (Å²) < 4.78 is 5.46. The van der Waals surface area contributed by atoms with Crippen LogP contribution in [0.1, 0.15) is 25.8 Å². The van der Waals surface area contributed by atoms with Gasteiger partial charge in [-0.1, -0.05) is 19.9 Å². The Morgan fingerprint density at radius 1 is 1.38 bits per heavy atom. The van der Waals surface area contributed by atoms with Crippen molar-refractivity contribution in [2.24, 2.45) is 5.92 Å². The van der Waals surface area contributed by atoms with Crippen molar-refractivity contribution in [2.75, 3.05) is 6.61 Å². The molecule has 0 N–H and O–H groups in total. The van der Waals surface area contributed by atoms with Gasteiger partial charge < -0.3 is 4.74 Å². The zero-order chi connectivity index (χ0) is 9.68. The molecule has 0 amide bonds. The SMILES string of the molecule is Cc1ccc(OCCC(C)C)nc1. The second kappa shape index (κ2) is 4.85. The zero-order valence-corrected chi connectivity index (χ0v) is 8.58. The van der Waals surface area contributed by atoms with Gasteiger partial charge in [-0.2, -0.15) is 0 Å². The molecule has 1 rings (SSSR count). The van der Waals surface area contributed by atoms with Crippen molar-refractivity contribution in [1.29, 1.82) is 0 Å². The van der Waals surface area contributed by atoms with Crippen molar-refractivity contribution < 1.29 is 4.74 Å². The Kier molecular flexibility index (Phi) is 3.74. The van der Waals surface area contributed by atoms with E-state index < -0.39 is 0 Å². The lowest BCUT2D eigenvalue weighted by molar-refractivity contribution is 0.279. The molecule has 13 heavy (non-hydrogen) atoms. The van der Waals surface area contributed by atoms with Crippen molar-refractivity contribution in [3.05, 3.63) is 23.9 Å². The standard InChI is InChI=1S/C11H17NO/c1-9(2)6-7-13-11-5-4-10(3)8-12-11/h4-5,8-9H,6-7H2,1-3H3. The predicted octanol–water partition coefficient (Wildman–Crippen LogP) is 2.81. The average Bonchev–Trinajstić information content (AvgIpc) is 2.08. The topological polar surface area (TPSA) is 22.1 Å². The van der Waals surface area contributed by atoms with Gasteiger partial charge in [0.1, 0.15) is 0 Å². The van der Waals surface area contributed by atoms with Crippen LogP contribution in [-0.4, -0.2) is 11.6 Å². The Morgan fingerprint density at radius 3 is 2.69 bits per heavy atom. The number of aromatic nitrogens is 1. The molecule has 0 aliphatic rings. The minimum Gasteiger partial charge on any atom is -0.478 e. The van der Waals surface area contributed by atoms with Crippen molar-refractivity contribution in [2.45, 2.75) is 27.2 Å². The summed E-state index contributed by atoms with van der Waals surface area (Å²) in [6.07, 6.45) is 2.90. The third-order valence-corrected chi connectivity index (χ3v) is 1.83. The third-order valence-electron chi connectivity index (χ3n) is 1.83. The molecule has 72 valence electrons. The molecule has 0 aliphatic heterocycles. The van der Waals surface area contributed by atoms with Gasteiger partial charge in [-0.25, -0.2) is 4.98 Å². The van der Waals surface area contributed by atoms with Gasteiger partial charge in [-0.05, 0) is 24.8 Å². The number of hydrogen-bond acceptors (Lipinski definition) is 2. The maximum atomic E-state index is 5.46. The first kappa shape index (κ1) is 10.0. The van der Waals surface area contributed by atoms with Crippen LogP contribution < -0.4 is 4.74 Å². The summed E-state index contributed by atoms with van der Waals surface area (Å²) in [4.78, 5) is 4.15. The van der Waals surface area contributed by atoms with E-state index in [9.17, 15) is 0 Å². The van der Waals surface area contributed by atoms with E-state index in [0.717, 1.165) is 24.5 Å². The highest BCUT2D eigenvalue weighted by Crippen LogP contribution is 2.08. The lowest BCUT2D eigenvalue weighted by Gasteiger charge is -2.06. The first-order valence-corrected chi connectivity index (χ1v) is 4.74. The van der Waals surface area contributed by atoms with Gasteiger partial charge in [-0.15, -0.1) is 0 Å². The Morgan fingerprint density at radius 2 is 2.15 bits per heavy atom. The molecular weight excluding hydrogens is 162 g/mol. The van der Waals surface area contributed by atoms with Gasteiger partial charge in [0.15, 0.2) is 0 Å². The quantitative estimate of drug-likeness (QED) is 0.709. The second-order valence-corrected chi connectivity index (χ2v) is 3.70. The van der Waals surface area contributed by atoms with Crippen LogP contribution in [0.3, 0.4) is 0 Å². The molecule has 1 aromatic heterocycles. The van der Waals surface area contributed by atoms with E-state index in [1.54, 1.807) is 0 Å². The predicted molar refractivity (Wildman–Crippen MR) is 53.9 cm³/mol. The van der Waals surface area contributed by atoms with Gasteiger partial charge in [0.05, 0.1) is 6.61 Å². The molecule has 0 aliphatic carbocycles. The van der Waals surface area contributed by atoms with Crippen LogP contribution in [0.2, 0.25) is 0 Å². The van der Waals surface area contributed by atoms with Crippen LogP contribution in [0.15, 0.2) is 18.3 Å². The van der Waals surface area contributed by atoms with E-state index >= 15 is 0 Å². The van der Waals surface area contributed by atoms with Crippen LogP contribution in [-0.2, 0) is 0 Å². The second-order valence-electron chi connectivity index (χ2n) is 3.70. The van der Waals surface area contributed by atoms with E-state index in [2.05, 4.69) is 18.8 Å². The minimum atomic E-state index is 0.686. The van der Waals surface area contributed by atoms with Gasteiger partial charge in [-0.3, -0.25) is 0 Å². The molecular formula is C11H17NO. The molecule has 0 aromatic carbocycles. The average molecular weight is 179 g/mol. The van der Waals surface area contributed by atoms with Crippen molar-refractivity contribution in [1.82, 2.24) is 4.98 Å². The molecule has 2 nitrogen and oxygen atoms in total. The lowest BCUT2D eigenvalue weighted by atomic mass is 10.1. The molecule has 1 heterocycles. The molecule has 2 heteroatoms. The molecule has 0 spiro atoms. The first-order valence-electron chi connectivity index (χ1n) is 4.74. The fourth-order valence-electron chi connectivity index (χ4n) is 0.939. The van der Waals surface area contributed by atoms with E-state index in [1.165, 1.54) is 0 Å². The number of nitrogens with zero attached hydrogens (tertiary/aromatic N) is 1. The molecule has 0 saturated carbocycles. The fraction of sp³-hybridized carbons (Fsp3) is 0.545. The Balaban J connectivity index is 2.33. The van der Waals surface area contributed by atoms with E-state index in [-0.39, 0.29) is 0 Å². The highest BCUT2D eigenvalue weighted by atomic mass is 16.5. The number of hydrogen-bond donors (Lipinski definition) is 0. The van der Waals surface area contributed by atoms with E-state index in [1.807, 2.05) is 25.3 Å². The van der Waals surface area contributed by atoms with Crippen LogP contribution in [0.25, 0.3) is 0 Å². The number of pyridine rings is 1. The summed E-state index contributed by atoms with van der Waals surface area (Å²) in [5.74, 6) is 1.41. The normalized spacial score (nSPS) is 10.5. The summed E-state index contributed by atoms with van der Waals surface area (Å²) in [6, 6.07) is 3.92. The van der Waals surface area contributed by atoms with Gasteiger partial charge in [0.2, 0.25) is 5.88 Å².